The van der Waals surface area contributed by atoms with Gasteiger partial charge in [-0.3, -0.25) is 0 Å². The normalized spacial score (nSPS) is 24.4. The number of hydrogen-bond donors (Lipinski definition) is 2. The van der Waals surface area contributed by atoms with Crippen LogP contribution in [-0.4, -0.2) is 26.5 Å². The lowest BCUT2D eigenvalue weighted by Gasteiger charge is -2.44. The Labute approximate surface area is 152 Å². The van der Waals surface area contributed by atoms with Gasteiger partial charge < -0.3 is 15.9 Å². The molecule has 4 N–H and O–H groups in total. The molecule has 134 valence electrons. The van der Waals surface area contributed by atoms with Gasteiger partial charge in [-0.25, -0.2) is 0 Å². The van der Waals surface area contributed by atoms with E-state index < -0.39 is 8.32 Å². The second-order valence-electron chi connectivity index (χ2n) is 8.20. The van der Waals surface area contributed by atoms with E-state index in [0.717, 1.165) is 12.8 Å². The smallest absolute Gasteiger partial charge is 0.261 e. The number of rotatable bonds is 4. The van der Waals surface area contributed by atoms with Crippen molar-refractivity contribution >= 4 is 18.7 Å². The van der Waals surface area contributed by atoms with Crippen LogP contribution < -0.4 is 21.8 Å². The zero-order valence-corrected chi connectivity index (χ0v) is 16.5. The quantitative estimate of drug-likeness (QED) is 0.829. The molecule has 3 rings (SSSR count). The molecule has 1 fully saturated rings. The summed E-state index contributed by atoms with van der Waals surface area (Å²) in [7, 11) is -2.48. The Morgan fingerprint density at radius 2 is 1.20 bits per heavy atom. The zero-order valence-electron chi connectivity index (χ0n) is 15.5. The van der Waals surface area contributed by atoms with E-state index in [4.69, 9.17) is 15.9 Å². The van der Waals surface area contributed by atoms with Gasteiger partial charge in [0.1, 0.15) is 0 Å². The Morgan fingerprint density at radius 1 is 0.800 bits per heavy atom. The molecule has 0 heterocycles. The van der Waals surface area contributed by atoms with Crippen molar-refractivity contribution in [1.29, 1.82) is 0 Å². The third-order valence-electron chi connectivity index (χ3n) is 5.38. The molecular weight excluding hydrogens is 324 g/mol. The third kappa shape index (κ3) is 3.44. The fraction of sp³-hybridized carbons (Fsp3) is 0.429. The van der Waals surface area contributed by atoms with Crippen LogP contribution in [0.3, 0.4) is 0 Å². The van der Waals surface area contributed by atoms with Gasteiger partial charge in [0.2, 0.25) is 0 Å². The first-order chi connectivity index (χ1) is 11.8. The van der Waals surface area contributed by atoms with Crippen molar-refractivity contribution in [2.24, 2.45) is 11.5 Å². The topological polar surface area (TPSA) is 61.3 Å². The van der Waals surface area contributed by atoms with E-state index >= 15 is 0 Å². The van der Waals surface area contributed by atoms with Crippen LogP contribution >= 0.6 is 0 Å². The van der Waals surface area contributed by atoms with Crippen LogP contribution in [0.4, 0.5) is 0 Å². The summed E-state index contributed by atoms with van der Waals surface area (Å²) in [5.74, 6) is 0. The van der Waals surface area contributed by atoms with Crippen molar-refractivity contribution in [1.82, 2.24) is 0 Å². The molecule has 2 aromatic rings. The predicted octanol–water partition coefficient (Wildman–Crippen LogP) is 2.38. The Balaban J connectivity index is 2.12. The molecule has 0 amide bonds. The van der Waals surface area contributed by atoms with Crippen LogP contribution in [0.25, 0.3) is 0 Å². The van der Waals surface area contributed by atoms with Gasteiger partial charge in [0, 0.05) is 18.2 Å². The largest absolute Gasteiger partial charge is 0.404 e. The molecule has 0 aliphatic heterocycles. The minimum atomic E-state index is -2.48. The second kappa shape index (κ2) is 7.04. The highest BCUT2D eigenvalue weighted by atomic mass is 28.4. The number of benzene rings is 2. The Hall–Kier alpha value is -1.46. The fourth-order valence-corrected chi connectivity index (χ4v) is 8.80. The van der Waals surface area contributed by atoms with E-state index in [1.165, 1.54) is 10.4 Å². The van der Waals surface area contributed by atoms with Gasteiger partial charge in [-0.1, -0.05) is 81.4 Å². The molecule has 1 saturated carbocycles. The van der Waals surface area contributed by atoms with Crippen molar-refractivity contribution in [3.05, 3.63) is 60.7 Å². The van der Waals surface area contributed by atoms with Crippen molar-refractivity contribution in [2.75, 3.05) is 0 Å². The average molecular weight is 355 g/mol. The minimum Gasteiger partial charge on any atom is -0.404 e. The molecule has 3 nitrogen and oxygen atoms in total. The summed E-state index contributed by atoms with van der Waals surface area (Å²) in [4.78, 5) is 0. The summed E-state index contributed by atoms with van der Waals surface area (Å²) >= 11 is 0. The van der Waals surface area contributed by atoms with E-state index in [1.807, 2.05) is 0 Å². The fourth-order valence-electron chi connectivity index (χ4n) is 4.09. The molecule has 1 aliphatic rings. The van der Waals surface area contributed by atoms with Crippen LogP contribution in [0.15, 0.2) is 60.7 Å². The van der Waals surface area contributed by atoms with Crippen LogP contribution in [0.5, 0.6) is 0 Å². The monoisotopic (exact) mass is 354 g/mol. The van der Waals surface area contributed by atoms with Crippen molar-refractivity contribution in [2.45, 2.75) is 56.8 Å². The van der Waals surface area contributed by atoms with Crippen LogP contribution in [0.2, 0.25) is 5.04 Å². The van der Waals surface area contributed by atoms with Crippen LogP contribution in [0, 0.1) is 0 Å². The van der Waals surface area contributed by atoms with Gasteiger partial charge >= 0.3 is 0 Å². The van der Waals surface area contributed by atoms with E-state index in [1.54, 1.807) is 0 Å². The summed E-state index contributed by atoms with van der Waals surface area (Å²) < 4.78 is 7.06. The Morgan fingerprint density at radius 3 is 1.56 bits per heavy atom. The lowest BCUT2D eigenvalue weighted by atomic mass is 10.2. The maximum atomic E-state index is 7.06. The van der Waals surface area contributed by atoms with E-state index in [9.17, 15) is 0 Å². The van der Waals surface area contributed by atoms with Gasteiger partial charge in [0.25, 0.3) is 8.32 Å². The summed E-state index contributed by atoms with van der Waals surface area (Å²) in [5, 5.41) is 2.61. The minimum absolute atomic E-state index is 0.00745. The molecule has 1 aliphatic carbocycles. The molecule has 2 aromatic carbocycles. The molecule has 2 atom stereocenters. The lowest BCUT2D eigenvalue weighted by molar-refractivity contribution is 0.192. The molecule has 0 radical (unpaired) electrons. The lowest BCUT2D eigenvalue weighted by Crippen LogP contribution is -2.67. The molecular formula is C21H30N2OSi. The van der Waals surface area contributed by atoms with Crippen molar-refractivity contribution < 1.29 is 4.43 Å². The second-order valence-corrected chi connectivity index (χ2v) is 12.5. The standard InChI is InChI=1S/C21H30N2OSi/c1-21(2,3)25(17-10-6-4-7-11-17,18-12-8-5-9-13-18)24-16-14-19(22)20(23)15-16/h4-13,16,19-20H,14-15,22-23H2,1-3H3. The maximum absolute atomic E-state index is 7.06. The van der Waals surface area contributed by atoms with Crippen LogP contribution in [0.1, 0.15) is 33.6 Å². The number of nitrogens with two attached hydrogens (primary N) is 2. The highest BCUT2D eigenvalue weighted by Gasteiger charge is 2.52. The van der Waals surface area contributed by atoms with Gasteiger partial charge in [-0.15, -0.1) is 0 Å². The SMILES string of the molecule is CC(C)(C)[Si](OC1CC(N)C(N)C1)(c1ccccc1)c1ccccc1. The molecule has 4 heteroatoms. The molecule has 0 saturated heterocycles. The third-order valence-corrected chi connectivity index (χ3v) is 10.5. The highest BCUT2D eigenvalue weighted by molar-refractivity contribution is 6.99. The summed E-state index contributed by atoms with van der Waals surface area (Å²) in [6, 6.07) is 21.5. The van der Waals surface area contributed by atoms with Gasteiger partial charge in [-0.2, -0.15) is 0 Å². The Bertz CT molecular complexity index is 635. The van der Waals surface area contributed by atoms with Crippen molar-refractivity contribution in [3.8, 4) is 0 Å². The molecule has 0 bridgehead atoms. The molecule has 0 spiro atoms. The van der Waals surface area contributed by atoms with E-state index in [0.29, 0.717) is 0 Å². The van der Waals surface area contributed by atoms with Gasteiger partial charge in [0.05, 0.1) is 0 Å². The van der Waals surface area contributed by atoms with Gasteiger partial charge in [0.15, 0.2) is 0 Å². The first-order valence-corrected chi connectivity index (χ1v) is 11.1. The number of hydrogen-bond acceptors (Lipinski definition) is 3. The van der Waals surface area contributed by atoms with E-state index in [-0.39, 0.29) is 23.2 Å². The van der Waals surface area contributed by atoms with Crippen molar-refractivity contribution in [3.63, 3.8) is 0 Å². The Kier molecular flexibility index (Phi) is 5.16. The first kappa shape index (κ1) is 18.3. The average Bonchev–Trinajstić information content (AvgIpc) is 2.91. The van der Waals surface area contributed by atoms with Crippen LogP contribution in [-0.2, 0) is 4.43 Å². The first-order valence-electron chi connectivity index (χ1n) is 9.14. The van der Waals surface area contributed by atoms with E-state index in [2.05, 4.69) is 81.4 Å². The summed E-state index contributed by atoms with van der Waals surface area (Å²) in [6.07, 6.45) is 1.80. The molecule has 25 heavy (non-hydrogen) atoms. The highest BCUT2D eigenvalue weighted by Crippen LogP contribution is 2.39. The zero-order chi connectivity index (χ0) is 18.1. The summed E-state index contributed by atoms with van der Waals surface area (Å²) in [5.41, 5.74) is 12.4. The maximum Gasteiger partial charge on any atom is 0.261 e. The molecule has 2 unspecified atom stereocenters. The molecule has 0 aromatic heterocycles. The van der Waals surface area contributed by atoms with Gasteiger partial charge in [-0.05, 0) is 28.3 Å². The predicted molar refractivity (Wildman–Crippen MR) is 108 cm³/mol. The summed E-state index contributed by atoms with van der Waals surface area (Å²) in [6.45, 7) is 6.90.